The number of carbonyl (C=O) groups excluding carboxylic acids is 3. The number of hydrogen-bond acceptors (Lipinski definition) is 5. The highest BCUT2D eigenvalue weighted by atomic mass is 16.5. The van der Waals surface area contributed by atoms with Crippen molar-refractivity contribution in [3.63, 3.8) is 0 Å². The molecule has 0 aliphatic carbocycles. The summed E-state index contributed by atoms with van der Waals surface area (Å²) in [5.41, 5.74) is 3.41. The Kier molecular flexibility index (Phi) is 10.9. The van der Waals surface area contributed by atoms with Crippen molar-refractivity contribution in [3.05, 3.63) is 78.2 Å². The van der Waals surface area contributed by atoms with Gasteiger partial charge in [-0.25, -0.2) is 4.79 Å². The van der Waals surface area contributed by atoms with Gasteiger partial charge in [0.05, 0.1) is 6.20 Å². The Hall–Kier alpha value is -4.58. The van der Waals surface area contributed by atoms with Crippen LogP contribution < -0.4 is 15.4 Å². The van der Waals surface area contributed by atoms with E-state index in [-0.39, 0.29) is 17.9 Å². The summed E-state index contributed by atoms with van der Waals surface area (Å²) in [5, 5.41) is 8.70. The van der Waals surface area contributed by atoms with Crippen molar-refractivity contribution in [2.24, 2.45) is 7.05 Å². The molecular weight excluding hydrogens is 494 g/mol. The summed E-state index contributed by atoms with van der Waals surface area (Å²) < 4.78 is 7.44. The number of hydrogen-bond donors (Lipinski definition) is 2. The average molecular weight is 532 g/mol. The van der Waals surface area contributed by atoms with Gasteiger partial charge in [0, 0.05) is 38.0 Å². The van der Waals surface area contributed by atoms with E-state index < -0.39 is 11.6 Å². The number of carbonyl (C=O) groups is 3. The molecule has 206 valence electrons. The molecule has 0 bridgehead atoms. The summed E-state index contributed by atoms with van der Waals surface area (Å²) in [4.78, 5) is 34.9. The van der Waals surface area contributed by atoms with Gasteiger partial charge in [0.15, 0.2) is 5.60 Å². The van der Waals surface area contributed by atoms with E-state index in [1.54, 1.807) is 28.8 Å². The van der Waals surface area contributed by atoms with Gasteiger partial charge in [-0.3, -0.25) is 19.6 Å². The van der Waals surface area contributed by atoms with Gasteiger partial charge < -0.3 is 15.0 Å². The molecule has 9 nitrogen and oxygen atoms in total. The molecule has 3 heterocycles. The van der Waals surface area contributed by atoms with Gasteiger partial charge in [0.2, 0.25) is 0 Å². The number of aryl methyl sites for hydroxylation is 1. The monoisotopic (exact) mass is 531 g/mol. The minimum Gasteiger partial charge on any atom is -0.475 e. The molecule has 2 aliphatic rings. The molecule has 0 saturated carbocycles. The second-order valence-corrected chi connectivity index (χ2v) is 9.54. The van der Waals surface area contributed by atoms with Crippen molar-refractivity contribution in [1.29, 1.82) is 0 Å². The number of urea groups is 1. The number of rotatable bonds is 6. The van der Waals surface area contributed by atoms with Crippen LogP contribution in [-0.2, 0) is 18.4 Å². The van der Waals surface area contributed by atoms with Crippen LogP contribution >= 0.6 is 0 Å². The van der Waals surface area contributed by atoms with Crippen molar-refractivity contribution >= 4 is 23.4 Å². The number of allylic oxidation sites excluding steroid dienone is 4. The van der Waals surface area contributed by atoms with Gasteiger partial charge >= 0.3 is 6.03 Å². The fourth-order valence-electron chi connectivity index (χ4n) is 3.61. The Bertz CT molecular complexity index is 1310. The first-order chi connectivity index (χ1) is 18.4. The van der Waals surface area contributed by atoms with E-state index in [2.05, 4.69) is 28.2 Å². The molecule has 2 aliphatic heterocycles. The van der Waals surface area contributed by atoms with Gasteiger partial charge in [-0.15, -0.1) is 6.42 Å². The first-order valence-electron chi connectivity index (χ1n) is 12.5. The molecule has 1 fully saturated rings. The molecule has 0 spiro atoms. The normalized spacial score (nSPS) is 16.3. The fraction of sp³-hybridized carbons (Fsp3) is 0.333. The Morgan fingerprint density at radius 2 is 2.03 bits per heavy atom. The van der Waals surface area contributed by atoms with Gasteiger partial charge in [-0.1, -0.05) is 42.9 Å². The number of amides is 4. The Labute approximate surface area is 230 Å². The summed E-state index contributed by atoms with van der Waals surface area (Å²) >= 11 is 0. The van der Waals surface area contributed by atoms with Crippen LogP contribution in [0.15, 0.2) is 61.5 Å². The fourth-order valence-corrected chi connectivity index (χ4v) is 3.61. The zero-order chi connectivity index (χ0) is 29.2. The molecular formula is C30H37N5O4. The molecule has 4 amide bonds. The SMILES string of the molecule is C#CC(C)(C)Oc1ccc2c(c1)C(=O)N(C)C2.C/C=C\CC1NC(=O)NC1=O.C=C/C=C(\C)c1cnn(C)c1. The lowest BCUT2D eigenvalue weighted by molar-refractivity contribution is -0.120. The molecule has 1 unspecified atom stereocenters. The van der Waals surface area contributed by atoms with E-state index in [1.165, 1.54) is 5.57 Å². The van der Waals surface area contributed by atoms with Crippen molar-refractivity contribution < 1.29 is 19.1 Å². The lowest BCUT2D eigenvalue weighted by Gasteiger charge is -2.20. The third-order valence-corrected chi connectivity index (χ3v) is 5.78. The number of ether oxygens (including phenoxy) is 1. The van der Waals surface area contributed by atoms with Crippen LogP contribution in [0.5, 0.6) is 5.75 Å². The van der Waals surface area contributed by atoms with E-state index in [1.807, 2.05) is 77.5 Å². The molecule has 2 N–H and O–H groups in total. The zero-order valence-corrected chi connectivity index (χ0v) is 23.4. The molecule has 2 aromatic rings. The number of benzene rings is 1. The lowest BCUT2D eigenvalue weighted by Crippen LogP contribution is -2.27. The van der Waals surface area contributed by atoms with Crippen LogP contribution in [0.1, 0.15) is 55.6 Å². The van der Waals surface area contributed by atoms with E-state index in [0.717, 1.165) is 11.1 Å². The number of terminal acetylenes is 1. The Morgan fingerprint density at radius 3 is 2.56 bits per heavy atom. The van der Waals surface area contributed by atoms with Gasteiger partial charge in [0.25, 0.3) is 11.8 Å². The molecule has 4 rings (SSSR count). The number of nitrogens with zero attached hydrogens (tertiary/aromatic N) is 3. The van der Waals surface area contributed by atoms with Gasteiger partial charge in [-0.05, 0) is 57.4 Å². The third-order valence-electron chi connectivity index (χ3n) is 5.78. The van der Waals surface area contributed by atoms with Gasteiger partial charge in [0.1, 0.15) is 11.8 Å². The minimum absolute atomic E-state index is 0.0314. The quantitative estimate of drug-likeness (QED) is 0.251. The van der Waals surface area contributed by atoms with Crippen LogP contribution in [0.3, 0.4) is 0 Å². The molecule has 0 radical (unpaired) electrons. The van der Waals surface area contributed by atoms with E-state index in [0.29, 0.717) is 24.3 Å². The minimum atomic E-state index is -0.665. The lowest BCUT2D eigenvalue weighted by atomic mass is 10.1. The van der Waals surface area contributed by atoms with Crippen LogP contribution in [0.4, 0.5) is 4.79 Å². The molecule has 1 aromatic carbocycles. The summed E-state index contributed by atoms with van der Waals surface area (Å²) in [6.07, 6.45) is 17.2. The van der Waals surface area contributed by atoms with Gasteiger partial charge in [-0.2, -0.15) is 5.10 Å². The Balaban J connectivity index is 0.000000214. The van der Waals surface area contributed by atoms with Crippen molar-refractivity contribution in [1.82, 2.24) is 25.3 Å². The molecule has 1 saturated heterocycles. The van der Waals surface area contributed by atoms with E-state index in [4.69, 9.17) is 11.2 Å². The predicted molar refractivity (Wildman–Crippen MR) is 153 cm³/mol. The van der Waals surface area contributed by atoms with Crippen LogP contribution in [0.2, 0.25) is 0 Å². The maximum absolute atomic E-state index is 11.8. The molecule has 1 aromatic heterocycles. The summed E-state index contributed by atoms with van der Waals surface area (Å²) in [5.74, 6) is 2.98. The van der Waals surface area contributed by atoms with Crippen LogP contribution in [0, 0.1) is 12.3 Å². The first kappa shape index (κ1) is 30.6. The number of nitrogens with one attached hydrogen (secondary N) is 2. The summed E-state index contributed by atoms with van der Waals surface area (Å²) in [6.45, 7) is 11.8. The van der Waals surface area contributed by atoms with Crippen molar-refractivity contribution in [2.45, 2.75) is 52.3 Å². The first-order valence-corrected chi connectivity index (χ1v) is 12.5. The molecule has 9 heteroatoms. The smallest absolute Gasteiger partial charge is 0.322 e. The molecule has 39 heavy (non-hydrogen) atoms. The standard InChI is InChI=1S/C14H15NO2.C9H12N2.C7H10N2O2/c1-5-14(2,3)17-11-7-6-10-9-15(4)13(16)12(10)8-11;1-4-5-8(2)9-6-10-11(3)7-9;1-2-3-4-5-6(10)9-7(11)8-5/h1,6-8H,9H2,2-4H3;4-7H,1H2,2-3H3;2-3,5H,4H2,1H3,(H2,8,9,10,11)/b;8-5+;3-2-. The van der Waals surface area contributed by atoms with Crippen LogP contribution in [0.25, 0.3) is 5.57 Å². The topological polar surface area (TPSA) is 106 Å². The highest BCUT2D eigenvalue weighted by molar-refractivity contribution is 6.04. The molecule has 1 atom stereocenters. The van der Waals surface area contributed by atoms with Crippen LogP contribution in [-0.4, -0.2) is 51.2 Å². The largest absolute Gasteiger partial charge is 0.475 e. The predicted octanol–water partition coefficient (Wildman–Crippen LogP) is 4.23. The number of aromatic nitrogens is 2. The zero-order valence-electron chi connectivity index (χ0n) is 23.4. The second kappa shape index (κ2) is 13.8. The van der Waals surface area contributed by atoms with E-state index in [9.17, 15) is 14.4 Å². The number of imide groups is 1. The van der Waals surface area contributed by atoms with Crippen molar-refractivity contribution in [2.75, 3.05) is 7.05 Å². The average Bonchev–Trinajstić information content (AvgIpc) is 3.55. The van der Waals surface area contributed by atoms with Crippen molar-refractivity contribution in [3.8, 4) is 18.1 Å². The second-order valence-electron chi connectivity index (χ2n) is 9.54. The highest BCUT2D eigenvalue weighted by Gasteiger charge is 2.28. The maximum atomic E-state index is 11.8. The van der Waals surface area contributed by atoms with E-state index >= 15 is 0 Å². The summed E-state index contributed by atoms with van der Waals surface area (Å²) in [6, 6.07) is 4.76. The highest BCUT2D eigenvalue weighted by Crippen LogP contribution is 2.27. The number of fused-ring (bicyclic) bond motifs is 1. The Morgan fingerprint density at radius 1 is 1.31 bits per heavy atom. The third kappa shape index (κ3) is 9.04. The maximum Gasteiger partial charge on any atom is 0.322 e. The summed E-state index contributed by atoms with van der Waals surface area (Å²) in [7, 11) is 3.69.